The molecule has 10 nitrogen and oxygen atoms in total. The van der Waals surface area contributed by atoms with E-state index in [-0.39, 0.29) is 18.2 Å². The lowest BCUT2D eigenvalue weighted by Crippen LogP contribution is -2.43. The Morgan fingerprint density at radius 1 is 1.13 bits per heavy atom. The van der Waals surface area contributed by atoms with E-state index in [1.165, 1.54) is 35.0 Å². The Morgan fingerprint density at radius 2 is 1.81 bits per heavy atom. The number of rotatable bonds is 6. The fourth-order valence-corrected chi connectivity index (χ4v) is 2.73. The number of hydrogen-bond donors (Lipinski definition) is 4. The first kappa shape index (κ1) is 21.7. The molecule has 0 radical (unpaired) electrons. The van der Waals surface area contributed by atoms with Crippen molar-refractivity contribution < 1.29 is 24.2 Å². The number of nitrogens with zero attached hydrogens (tertiary/aromatic N) is 4. The van der Waals surface area contributed by atoms with E-state index in [0.29, 0.717) is 5.56 Å². The molecule has 0 saturated carbocycles. The van der Waals surface area contributed by atoms with Crippen molar-refractivity contribution in [2.45, 2.75) is 25.9 Å². The molecule has 3 rings (SSSR count). The average molecular weight is 428 g/mol. The number of halogens is 1. The molecule has 0 fully saturated rings. The summed E-state index contributed by atoms with van der Waals surface area (Å²) in [5.41, 5.74) is -1.07. The highest BCUT2D eigenvalue weighted by Crippen LogP contribution is 2.29. The van der Waals surface area contributed by atoms with Gasteiger partial charge in [-0.1, -0.05) is 12.1 Å². The van der Waals surface area contributed by atoms with Crippen LogP contribution in [0.15, 0.2) is 36.7 Å². The van der Waals surface area contributed by atoms with Crippen molar-refractivity contribution >= 4 is 11.8 Å². The third-order valence-corrected chi connectivity index (χ3v) is 4.46. The highest BCUT2D eigenvalue weighted by molar-refractivity contribution is 5.95. The van der Waals surface area contributed by atoms with Gasteiger partial charge < -0.3 is 25.4 Å². The maximum atomic E-state index is 13.0. The minimum absolute atomic E-state index is 0.0396. The van der Waals surface area contributed by atoms with Gasteiger partial charge in [0.1, 0.15) is 5.82 Å². The van der Waals surface area contributed by atoms with Gasteiger partial charge in [0, 0.05) is 26.0 Å². The average Bonchev–Trinajstić information content (AvgIpc) is 3.15. The molecule has 3 aromatic rings. The predicted octanol–water partition coefficient (Wildman–Crippen LogP) is 1.36. The summed E-state index contributed by atoms with van der Waals surface area (Å²) >= 11 is 0. The van der Waals surface area contributed by atoms with Crippen LogP contribution in [0.4, 0.5) is 4.39 Å². The van der Waals surface area contributed by atoms with E-state index in [2.05, 4.69) is 25.6 Å². The standard InChI is InChI=1S/C20H21FN6O4/c1-20(2,26-18(31)15-22-8-9-27(15)3)19-24-13(14(28)17(30)25-19)16(29)23-10-11-4-6-12(21)7-5-11/h4-9,28H,10H2,1-3H3,(H,23,29)(H,26,31)(H,24,25,30). The molecule has 0 spiro atoms. The smallest absolute Gasteiger partial charge is 0.288 e. The van der Waals surface area contributed by atoms with Gasteiger partial charge in [-0.3, -0.25) is 9.59 Å². The molecule has 4 N–H and O–H groups in total. The van der Waals surface area contributed by atoms with Crippen LogP contribution in [0.1, 0.15) is 46.3 Å². The number of carbonyl (C=O) groups excluding carboxylic acids is 2. The van der Waals surface area contributed by atoms with Crippen molar-refractivity contribution in [3.63, 3.8) is 0 Å². The lowest BCUT2D eigenvalue weighted by atomic mass is 10.0. The Hall–Kier alpha value is -4.02. The molecule has 0 unspecified atom stereocenters. The molecule has 1 aromatic carbocycles. The second kappa shape index (κ2) is 8.38. The molecule has 0 saturated heterocycles. The number of hydrogen-bond acceptors (Lipinski definition) is 7. The van der Waals surface area contributed by atoms with Crippen LogP contribution in [-0.4, -0.2) is 41.5 Å². The van der Waals surface area contributed by atoms with E-state index in [9.17, 15) is 24.2 Å². The zero-order valence-electron chi connectivity index (χ0n) is 17.0. The van der Waals surface area contributed by atoms with Gasteiger partial charge in [0.2, 0.25) is 5.75 Å². The molecule has 0 aliphatic heterocycles. The molecule has 0 aliphatic carbocycles. The van der Waals surface area contributed by atoms with E-state index in [1.807, 2.05) is 0 Å². The zero-order valence-corrected chi connectivity index (χ0v) is 17.0. The van der Waals surface area contributed by atoms with E-state index in [4.69, 9.17) is 0 Å². The summed E-state index contributed by atoms with van der Waals surface area (Å²) in [6.45, 7) is 3.18. The van der Waals surface area contributed by atoms with Gasteiger partial charge in [0.25, 0.3) is 17.7 Å². The number of nitrogens with one attached hydrogen (secondary N) is 2. The summed E-state index contributed by atoms with van der Waals surface area (Å²) in [7, 11) is 1.65. The number of carbonyl (C=O) groups is 2. The first-order chi connectivity index (χ1) is 14.6. The summed E-state index contributed by atoms with van der Waals surface area (Å²) in [5, 5.41) is 25.3. The van der Waals surface area contributed by atoms with Gasteiger partial charge in [-0.25, -0.2) is 14.4 Å². The van der Waals surface area contributed by atoms with Crippen molar-refractivity contribution in [3.8, 4) is 11.6 Å². The molecule has 0 aliphatic rings. The first-order valence-corrected chi connectivity index (χ1v) is 9.21. The van der Waals surface area contributed by atoms with E-state index < -0.39 is 40.5 Å². The molecular formula is C20H21FN6O4. The molecular weight excluding hydrogens is 407 g/mol. The van der Waals surface area contributed by atoms with Crippen molar-refractivity contribution in [1.82, 2.24) is 30.2 Å². The number of amides is 2. The minimum atomic E-state index is -1.22. The molecule has 31 heavy (non-hydrogen) atoms. The van der Waals surface area contributed by atoms with Crippen LogP contribution in [-0.2, 0) is 19.1 Å². The number of benzene rings is 1. The Kier molecular flexibility index (Phi) is 5.86. The Morgan fingerprint density at radius 3 is 2.42 bits per heavy atom. The fourth-order valence-electron chi connectivity index (χ4n) is 2.73. The molecule has 2 amide bonds. The van der Waals surface area contributed by atoms with Crippen molar-refractivity contribution in [1.29, 1.82) is 0 Å². The van der Waals surface area contributed by atoms with Crippen LogP contribution < -0.4 is 10.6 Å². The normalized spacial score (nSPS) is 11.2. The highest BCUT2D eigenvalue weighted by Gasteiger charge is 2.31. The number of aromatic hydroxyl groups is 2. The van der Waals surface area contributed by atoms with Crippen LogP contribution in [0.5, 0.6) is 11.6 Å². The van der Waals surface area contributed by atoms with Crippen molar-refractivity contribution in [2.75, 3.05) is 0 Å². The SMILES string of the molecule is Cn1ccnc1C(=O)NC(C)(C)c1nc(O)c(O)c(C(=O)NCc2ccc(F)cc2)n1. The molecule has 2 heterocycles. The maximum Gasteiger partial charge on any atom is 0.288 e. The van der Waals surface area contributed by atoms with Crippen LogP contribution in [0.25, 0.3) is 0 Å². The number of imidazole rings is 1. The van der Waals surface area contributed by atoms with E-state index in [0.717, 1.165) is 0 Å². The topological polar surface area (TPSA) is 142 Å². The maximum absolute atomic E-state index is 13.0. The highest BCUT2D eigenvalue weighted by atomic mass is 19.1. The summed E-state index contributed by atoms with van der Waals surface area (Å²) in [6.07, 6.45) is 3.07. The van der Waals surface area contributed by atoms with Gasteiger partial charge >= 0.3 is 0 Å². The second-order valence-electron chi connectivity index (χ2n) is 7.32. The minimum Gasteiger partial charge on any atom is -0.501 e. The molecule has 162 valence electrons. The predicted molar refractivity (Wildman–Crippen MR) is 107 cm³/mol. The summed E-state index contributed by atoms with van der Waals surface area (Å²) in [6, 6.07) is 5.49. The van der Waals surface area contributed by atoms with Gasteiger partial charge in [-0.15, -0.1) is 0 Å². The summed E-state index contributed by atoms with van der Waals surface area (Å²) < 4.78 is 14.5. The van der Waals surface area contributed by atoms with Gasteiger partial charge in [-0.05, 0) is 31.5 Å². The third kappa shape index (κ3) is 4.77. The Balaban J connectivity index is 1.82. The second-order valence-corrected chi connectivity index (χ2v) is 7.32. The molecule has 0 bridgehead atoms. The Labute approximate surface area is 176 Å². The lowest BCUT2D eigenvalue weighted by molar-refractivity contribution is 0.0894. The lowest BCUT2D eigenvalue weighted by Gasteiger charge is -2.25. The van der Waals surface area contributed by atoms with E-state index in [1.54, 1.807) is 27.1 Å². The zero-order chi connectivity index (χ0) is 22.8. The van der Waals surface area contributed by atoms with Crippen LogP contribution >= 0.6 is 0 Å². The van der Waals surface area contributed by atoms with Crippen LogP contribution in [0.2, 0.25) is 0 Å². The van der Waals surface area contributed by atoms with Crippen molar-refractivity contribution in [2.24, 2.45) is 7.05 Å². The van der Waals surface area contributed by atoms with Crippen LogP contribution in [0, 0.1) is 5.82 Å². The van der Waals surface area contributed by atoms with Gasteiger partial charge in [-0.2, -0.15) is 4.98 Å². The molecule has 11 heteroatoms. The first-order valence-electron chi connectivity index (χ1n) is 9.21. The monoisotopic (exact) mass is 428 g/mol. The molecule has 2 aromatic heterocycles. The van der Waals surface area contributed by atoms with E-state index >= 15 is 0 Å². The number of aryl methyl sites for hydroxylation is 1. The molecule has 0 atom stereocenters. The van der Waals surface area contributed by atoms with Gasteiger partial charge in [0.05, 0.1) is 5.54 Å². The van der Waals surface area contributed by atoms with Crippen molar-refractivity contribution in [3.05, 3.63) is 65.4 Å². The third-order valence-electron chi connectivity index (χ3n) is 4.46. The number of aromatic nitrogens is 4. The largest absolute Gasteiger partial charge is 0.501 e. The summed E-state index contributed by atoms with van der Waals surface area (Å²) in [5.74, 6) is -3.27. The van der Waals surface area contributed by atoms with Gasteiger partial charge in [0.15, 0.2) is 17.3 Å². The van der Waals surface area contributed by atoms with Crippen LogP contribution in [0.3, 0.4) is 0 Å². The fraction of sp³-hybridized carbons (Fsp3) is 0.250. The summed E-state index contributed by atoms with van der Waals surface area (Å²) in [4.78, 5) is 36.9. The quantitative estimate of drug-likeness (QED) is 0.464. The Bertz CT molecular complexity index is 1130.